The van der Waals surface area contributed by atoms with Crippen LogP contribution in [0.3, 0.4) is 0 Å². The maximum atomic E-state index is 9.40. The Bertz CT molecular complexity index is 296. The Hall–Kier alpha value is -0.380. The standard InChI is InChI=1S/C12H21NOS/c1-8(2)10(4)13-11(7-14)12-9(3)5-6-15-12/h5-6,8,10-11,13-14H,7H2,1-4H3. The highest BCUT2D eigenvalue weighted by Crippen LogP contribution is 2.24. The van der Waals surface area contributed by atoms with Gasteiger partial charge in [0.1, 0.15) is 0 Å². The molecule has 0 fully saturated rings. The summed E-state index contributed by atoms with van der Waals surface area (Å²) in [7, 11) is 0. The lowest BCUT2D eigenvalue weighted by molar-refractivity contribution is 0.227. The second kappa shape index (κ2) is 5.64. The molecule has 2 atom stereocenters. The van der Waals surface area contributed by atoms with Gasteiger partial charge in [0.15, 0.2) is 0 Å². The van der Waals surface area contributed by atoms with Crippen molar-refractivity contribution in [3.63, 3.8) is 0 Å². The summed E-state index contributed by atoms with van der Waals surface area (Å²) >= 11 is 1.71. The fourth-order valence-corrected chi connectivity index (χ4v) is 2.44. The van der Waals surface area contributed by atoms with Crippen LogP contribution >= 0.6 is 11.3 Å². The molecule has 0 radical (unpaired) electrons. The molecule has 0 saturated carbocycles. The lowest BCUT2D eigenvalue weighted by Gasteiger charge is -2.24. The predicted molar refractivity (Wildman–Crippen MR) is 66.3 cm³/mol. The van der Waals surface area contributed by atoms with E-state index in [1.165, 1.54) is 10.4 Å². The van der Waals surface area contributed by atoms with Crippen LogP contribution < -0.4 is 5.32 Å². The number of rotatable bonds is 5. The Kier molecular flexibility index (Phi) is 4.77. The molecule has 0 saturated heterocycles. The van der Waals surface area contributed by atoms with Crippen LogP contribution in [0.15, 0.2) is 11.4 Å². The summed E-state index contributed by atoms with van der Waals surface area (Å²) < 4.78 is 0. The Morgan fingerprint density at radius 2 is 2.07 bits per heavy atom. The van der Waals surface area contributed by atoms with Crippen molar-refractivity contribution >= 4 is 11.3 Å². The van der Waals surface area contributed by atoms with E-state index in [4.69, 9.17) is 0 Å². The maximum absolute atomic E-state index is 9.40. The molecule has 0 aliphatic heterocycles. The first kappa shape index (κ1) is 12.7. The molecule has 1 rings (SSSR count). The molecular formula is C12H21NOS. The minimum atomic E-state index is 0.0856. The summed E-state index contributed by atoms with van der Waals surface area (Å²) in [6.07, 6.45) is 0. The first-order valence-electron chi connectivity index (χ1n) is 5.47. The van der Waals surface area contributed by atoms with E-state index in [1.54, 1.807) is 11.3 Å². The van der Waals surface area contributed by atoms with Gasteiger partial charge in [0.05, 0.1) is 12.6 Å². The van der Waals surface area contributed by atoms with Crippen molar-refractivity contribution in [3.8, 4) is 0 Å². The fourth-order valence-electron chi connectivity index (χ4n) is 1.46. The van der Waals surface area contributed by atoms with E-state index in [9.17, 15) is 5.11 Å². The van der Waals surface area contributed by atoms with Crippen molar-refractivity contribution in [1.29, 1.82) is 0 Å². The van der Waals surface area contributed by atoms with Gasteiger partial charge in [-0.25, -0.2) is 0 Å². The lowest BCUT2D eigenvalue weighted by atomic mass is 10.0. The number of aliphatic hydroxyl groups is 1. The zero-order valence-electron chi connectivity index (χ0n) is 9.95. The zero-order valence-corrected chi connectivity index (χ0v) is 10.8. The second-order valence-corrected chi connectivity index (χ2v) is 5.35. The molecule has 1 aromatic rings. The van der Waals surface area contributed by atoms with Crippen LogP contribution in [0.5, 0.6) is 0 Å². The van der Waals surface area contributed by atoms with E-state index in [0.717, 1.165) is 0 Å². The normalized spacial score (nSPS) is 15.6. The molecule has 2 N–H and O–H groups in total. The quantitative estimate of drug-likeness (QED) is 0.810. The van der Waals surface area contributed by atoms with Crippen molar-refractivity contribution in [1.82, 2.24) is 5.32 Å². The number of aliphatic hydroxyl groups excluding tert-OH is 1. The van der Waals surface area contributed by atoms with Crippen LogP contribution in [0.1, 0.15) is 37.3 Å². The molecule has 1 heterocycles. The van der Waals surface area contributed by atoms with E-state index >= 15 is 0 Å². The van der Waals surface area contributed by atoms with Crippen LogP contribution in [0.4, 0.5) is 0 Å². The average Bonchev–Trinajstić information content (AvgIpc) is 2.60. The molecule has 15 heavy (non-hydrogen) atoms. The highest BCUT2D eigenvalue weighted by atomic mass is 32.1. The van der Waals surface area contributed by atoms with Crippen LogP contribution in [-0.4, -0.2) is 17.8 Å². The smallest absolute Gasteiger partial charge is 0.0654 e. The molecular weight excluding hydrogens is 206 g/mol. The van der Waals surface area contributed by atoms with Crippen molar-refractivity contribution in [2.75, 3.05) is 6.61 Å². The first-order chi connectivity index (χ1) is 7.06. The SMILES string of the molecule is Cc1ccsc1C(CO)NC(C)C(C)C. The van der Waals surface area contributed by atoms with Gasteiger partial charge in [0, 0.05) is 10.9 Å². The molecule has 0 aliphatic carbocycles. The molecule has 0 aliphatic rings. The summed E-state index contributed by atoms with van der Waals surface area (Å²) in [4.78, 5) is 1.25. The maximum Gasteiger partial charge on any atom is 0.0654 e. The molecule has 0 bridgehead atoms. The van der Waals surface area contributed by atoms with Crippen molar-refractivity contribution in [2.45, 2.75) is 39.8 Å². The van der Waals surface area contributed by atoms with Gasteiger partial charge in [-0.05, 0) is 36.8 Å². The third-order valence-electron chi connectivity index (χ3n) is 2.86. The first-order valence-corrected chi connectivity index (χ1v) is 6.35. The van der Waals surface area contributed by atoms with E-state index in [2.05, 4.69) is 44.5 Å². The largest absolute Gasteiger partial charge is 0.394 e. The summed E-state index contributed by atoms with van der Waals surface area (Å²) in [5, 5.41) is 14.9. The van der Waals surface area contributed by atoms with Crippen LogP contribution in [0, 0.1) is 12.8 Å². The van der Waals surface area contributed by atoms with Crippen molar-refractivity contribution in [2.24, 2.45) is 5.92 Å². The number of hydrogen-bond donors (Lipinski definition) is 2. The third kappa shape index (κ3) is 3.30. The fraction of sp³-hybridized carbons (Fsp3) is 0.667. The van der Waals surface area contributed by atoms with Crippen LogP contribution in [-0.2, 0) is 0 Å². The van der Waals surface area contributed by atoms with Crippen LogP contribution in [0.25, 0.3) is 0 Å². The van der Waals surface area contributed by atoms with Gasteiger partial charge in [0.25, 0.3) is 0 Å². The zero-order chi connectivity index (χ0) is 11.4. The van der Waals surface area contributed by atoms with Gasteiger partial charge in [0.2, 0.25) is 0 Å². The minimum Gasteiger partial charge on any atom is -0.394 e. The molecule has 0 spiro atoms. The predicted octanol–water partition coefficient (Wildman–Crippen LogP) is 2.72. The summed E-state index contributed by atoms with van der Waals surface area (Å²) in [5.41, 5.74) is 1.27. The average molecular weight is 227 g/mol. The van der Waals surface area contributed by atoms with Gasteiger partial charge in [-0.3, -0.25) is 0 Å². The molecule has 0 amide bonds. The Labute approximate surface area is 96.3 Å². The minimum absolute atomic E-state index is 0.0856. The molecule has 1 aromatic heterocycles. The van der Waals surface area contributed by atoms with Crippen molar-refractivity contribution in [3.05, 3.63) is 21.9 Å². The summed E-state index contributed by atoms with van der Waals surface area (Å²) in [6.45, 7) is 8.80. The molecule has 2 unspecified atom stereocenters. The topological polar surface area (TPSA) is 32.3 Å². The number of nitrogens with one attached hydrogen (secondary N) is 1. The molecule has 3 heteroatoms. The molecule has 86 valence electrons. The Balaban J connectivity index is 2.69. The van der Waals surface area contributed by atoms with E-state index in [0.29, 0.717) is 12.0 Å². The van der Waals surface area contributed by atoms with E-state index in [-0.39, 0.29) is 12.6 Å². The summed E-state index contributed by atoms with van der Waals surface area (Å²) in [5.74, 6) is 0.583. The third-order valence-corrected chi connectivity index (χ3v) is 4.00. The second-order valence-electron chi connectivity index (χ2n) is 4.40. The van der Waals surface area contributed by atoms with Crippen molar-refractivity contribution < 1.29 is 5.11 Å². The summed E-state index contributed by atoms with van der Waals surface area (Å²) in [6, 6.07) is 2.61. The van der Waals surface area contributed by atoms with Crippen LogP contribution in [0.2, 0.25) is 0 Å². The van der Waals surface area contributed by atoms with E-state index in [1.807, 2.05) is 0 Å². The number of thiophene rings is 1. The van der Waals surface area contributed by atoms with E-state index < -0.39 is 0 Å². The number of aryl methyl sites for hydroxylation is 1. The lowest BCUT2D eigenvalue weighted by Crippen LogP contribution is -2.35. The van der Waals surface area contributed by atoms with Gasteiger partial charge < -0.3 is 10.4 Å². The monoisotopic (exact) mass is 227 g/mol. The Morgan fingerprint density at radius 1 is 1.40 bits per heavy atom. The highest BCUT2D eigenvalue weighted by Gasteiger charge is 2.17. The molecule has 0 aromatic carbocycles. The van der Waals surface area contributed by atoms with Gasteiger partial charge in [-0.1, -0.05) is 13.8 Å². The van der Waals surface area contributed by atoms with Gasteiger partial charge in [-0.2, -0.15) is 0 Å². The Morgan fingerprint density at radius 3 is 2.47 bits per heavy atom. The van der Waals surface area contributed by atoms with Gasteiger partial charge in [-0.15, -0.1) is 11.3 Å². The molecule has 2 nitrogen and oxygen atoms in total. The number of hydrogen-bond acceptors (Lipinski definition) is 3. The highest BCUT2D eigenvalue weighted by molar-refractivity contribution is 7.10. The van der Waals surface area contributed by atoms with Gasteiger partial charge >= 0.3 is 0 Å².